The molecule has 7 heteroatoms. The number of aromatic nitrogens is 3. The molecule has 27 heavy (non-hydrogen) atoms. The normalized spacial score (nSPS) is 10.7. The number of hydrogen-bond acceptors (Lipinski definition) is 4. The molecule has 0 spiro atoms. The molecule has 0 aliphatic heterocycles. The van der Waals surface area contributed by atoms with Gasteiger partial charge in [-0.3, -0.25) is 4.79 Å². The minimum atomic E-state index is -0.342. The lowest BCUT2D eigenvalue weighted by Crippen LogP contribution is -2.12. The zero-order valence-corrected chi connectivity index (χ0v) is 15.1. The van der Waals surface area contributed by atoms with Gasteiger partial charge in [-0.15, -0.1) is 0 Å². The molecule has 0 saturated carbocycles. The van der Waals surface area contributed by atoms with Crippen molar-refractivity contribution in [3.63, 3.8) is 0 Å². The van der Waals surface area contributed by atoms with Crippen LogP contribution in [0.4, 0.5) is 5.69 Å². The third-order valence-corrected chi connectivity index (χ3v) is 4.35. The predicted octanol–water partition coefficient (Wildman–Crippen LogP) is 4.74. The number of anilines is 1. The molecule has 0 saturated heterocycles. The van der Waals surface area contributed by atoms with Gasteiger partial charge in [0.15, 0.2) is 11.5 Å². The van der Waals surface area contributed by atoms with Crippen molar-refractivity contribution in [2.24, 2.45) is 0 Å². The fourth-order valence-corrected chi connectivity index (χ4v) is 2.81. The Hall–Kier alpha value is -3.38. The molecular formula is C20H15ClN4O2. The summed E-state index contributed by atoms with van der Waals surface area (Å²) in [5.41, 5.74) is 2.63. The fraction of sp³-hybridized carbons (Fsp3) is 0.0500. The summed E-state index contributed by atoms with van der Waals surface area (Å²) in [6.07, 6.45) is 3.63. The van der Waals surface area contributed by atoms with E-state index >= 15 is 0 Å². The molecule has 0 fully saturated rings. The average molecular weight is 379 g/mol. The molecule has 1 N–H and O–H groups in total. The number of nitrogens with zero attached hydrogens (tertiary/aromatic N) is 3. The van der Waals surface area contributed by atoms with Crippen molar-refractivity contribution in [1.82, 2.24) is 14.7 Å². The van der Waals surface area contributed by atoms with E-state index in [1.54, 1.807) is 36.5 Å². The van der Waals surface area contributed by atoms with Crippen LogP contribution in [-0.4, -0.2) is 20.6 Å². The summed E-state index contributed by atoms with van der Waals surface area (Å²) in [5.74, 6) is 1.05. The second-order valence-corrected chi connectivity index (χ2v) is 6.37. The van der Waals surface area contributed by atoms with Gasteiger partial charge in [0.2, 0.25) is 0 Å². The average Bonchev–Trinajstić information content (AvgIpc) is 3.32. The maximum Gasteiger partial charge on any atom is 0.277 e. The van der Waals surface area contributed by atoms with Crippen molar-refractivity contribution in [3.8, 4) is 17.0 Å². The Balaban J connectivity index is 1.48. The van der Waals surface area contributed by atoms with Crippen molar-refractivity contribution in [2.75, 3.05) is 5.32 Å². The summed E-state index contributed by atoms with van der Waals surface area (Å²) in [6.45, 7) is 1.93. The number of rotatable bonds is 4. The van der Waals surface area contributed by atoms with Gasteiger partial charge in [0.05, 0.1) is 0 Å². The van der Waals surface area contributed by atoms with Crippen LogP contribution in [0.5, 0.6) is 0 Å². The molecule has 0 bridgehead atoms. The summed E-state index contributed by atoms with van der Waals surface area (Å²) < 4.78 is 7.23. The lowest BCUT2D eigenvalue weighted by atomic mass is 10.1. The van der Waals surface area contributed by atoms with E-state index in [0.29, 0.717) is 16.5 Å². The fourth-order valence-electron chi connectivity index (χ4n) is 2.68. The number of hydrogen-bond donors (Lipinski definition) is 1. The Kier molecular flexibility index (Phi) is 4.48. The molecule has 0 aliphatic rings. The van der Waals surface area contributed by atoms with E-state index in [4.69, 9.17) is 16.1 Å². The molecular weight excluding hydrogens is 364 g/mol. The summed E-state index contributed by atoms with van der Waals surface area (Å²) in [6, 6.07) is 16.2. The largest absolute Gasteiger partial charge is 0.355 e. The molecule has 0 unspecified atom stereocenters. The molecule has 134 valence electrons. The Morgan fingerprint density at radius 1 is 1.11 bits per heavy atom. The first-order valence-corrected chi connectivity index (χ1v) is 8.62. The van der Waals surface area contributed by atoms with Crippen LogP contribution < -0.4 is 5.32 Å². The van der Waals surface area contributed by atoms with Crippen molar-refractivity contribution >= 4 is 23.2 Å². The van der Waals surface area contributed by atoms with Gasteiger partial charge < -0.3 is 14.4 Å². The third kappa shape index (κ3) is 3.61. The van der Waals surface area contributed by atoms with Gasteiger partial charge in [-0.05, 0) is 55.5 Å². The van der Waals surface area contributed by atoms with Crippen molar-refractivity contribution in [1.29, 1.82) is 0 Å². The quantitative estimate of drug-likeness (QED) is 0.556. The molecule has 4 aromatic rings. The first-order chi connectivity index (χ1) is 13.1. The smallest absolute Gasteiger partial charge is 0.277 e. The van der Waals surface area contributed by atoms with Gasteiger partial charge in [0, 0.05) is 40.4 Å². The van der Waals surface area contributed by atoms with E-state index in [1.165, 1.54) is 0 Å². The minimum Gasteiger partial charge on any atom is -0.355 e. The number of nitrogens with one attached hydrogen (secondary N) is 1. The number of imidazole rings is 1. The Morgan fingerprint density at radius 2 is 1.85 bits per heavy atom. The minimum absolute atomic E-state index is 0.203. The van der Waals surface area contributed by atoms with Crippen molar-refractivity contribution in [3.05, 3.63) is 83.5 Å². The molecule has 2 heterocycles. The lowest BCUT2D eigenvalue weighted by molar-refractivity contribution is 0.101. The van der Waals surface area contributed by atoms with Gasteiger partial charge >= 0.3 is 0 Å². The number of amides is 1. The van der Waals surface area contributed by atoms with Crippen LogP contribution in [0.2, 0.25) is 5.02 Å². The number of carbonyl (C=O) groups is 1. The molecule has 0 atom stereocenters. The SMILES string of the molecule is Cc1nccn1-c1ccc(NC(=O)c2cc(-c3ccc(Cl)cc3)on2)cc1. The highest BCUT2D eigenvalue weighted by molar-refractivity contribution is 6.30. The van der Waals surface area contributed by atoms with Gasteiger partial charge in [-0.2, -0.15) is 0 Å². The molecule has 1 amide bonds. The summed E-state index contributed by atoms with van der Waals surface area (Å²) in [4.78, 5) is 16.6. The predicted molar refractivity (Wildman–Crippen MR) is 103 cm³/mol. The molecule has 4 rings (SSSR count). The van der Waals surface area contributed by atoms with E-state index in [0.717, 1.165) is 17.1 Å². The summed E-state index contributed by atoms with van der Waals surface area (Å²) >= 11 is 5.88. The Labute approximate surface area is 160 Å². The van der Waals surface area contributed by atoms with Crippen molar-refractivity contribution in [2.45, 2.75) is 6.92 Å². The number of carbonyl (C=O) groups excluding carboxylic acids is 1. The maximum atomic E-state index is 12.4. The third-order valence-electron chi connectivity index (χ3n) is 4.10. The van der Waals surface area contributed by atoms with E-state index in [-0.39, 0.29) is 11.6 Å². The van der Waals surface area contributed by atoms with E-state index in [9.17, 15) is 4.79 Å². The van der Waals surface area contributed by atoms with Crippen LogP contribution in [0.1, 0.15) is 16.3 Å². The molecule has 0 aliphatic carbocycles. The lowest BCUT2D eigenvalue weighted by Gasteiger charge is -2.07. The van der Waals surface area contributed by atoms with Gasteiger partial charge in [0.25, 0.3) is 5.91 Å². The summed E-state index contributed by atoms with van der Waals surface area (Å²) in [7, 11) is 0. The maximum absolute atomic E-state index is 12.4. The topological polar surface area (TPSA) is 73.0 Å². The van der Waals surface area contributed by atoms with E-state index < -0.39 is 0 Å². The number of halogens is 1. The van der Waals surface area contributed by atoms with Crippen LogP contribution >= 0.6 is 11.6 Å². The Bertz CT molecular complexity index is 1080. The van der Waals surface area contributed by atoms with Gasteiger partial charge in [0.1, 0.15) is 5.82 Å². The molecule has 2 aromatic heterocycles. The molecule has 0 radical (unpaired) electrons. The molecule has 6 nitrogen and oxygen atoms in total. The summed E-state index contributed by atoms with van der Waals surface area (Å²) in [5, 5.41) is 7.29. The van der Waals surface area contributed by atoms with Crippen LogP contribution in [0.15, 0.2) is 71.5 Å². The van der Waals surface area contributed by atoms with Gasteiger partial charge in [-0.1, -0.05) is 16.8 Å². The highest BCUT2D eigenvalue weighted by Gasteiger charge is 2.14. The van der Waals surface area contributed by atoms with Crippen LogP contribution in [0, 0.1) is 6.92 Å². The standard InChI is InChI=1S/C20H15ClN4O2/c1-13-22-10-11-25(13)17-8-6-16(7-9-17)23-20(26)18-12-19(27-24-18)14-2-4-15(21)5-3-14/h2-12H,1H3,(H,23,26). The zero-order valence-electron chi connectivity index (χ0n) is 14.4. The monoisotopic (exact) mass is 378 g/mol. The molecule has 2 aromatic carbocycles. The zero-order chi connectivity index (χ0) is 18.8. The van der Waals surface area contributed by atoms with Crippen LogP contribution in [0.3, 0.4) is 0 Å². The Morgan fingerprint density at radius 3 is 2.52 bits per heavy atom. The van der Waals surface area contributed by atoms with E-state index in [1.807, 2.05) is 42.0 Å². The van der Waals surface area contributed by atoms with E-state index in [2.05, 4.69) is 15.5 Å². The second kappa shape index (κ2) is 7.09. The number of benzene rings is 2. The van der Waals surface area contributed by atoms with Gasteiger partial charge in [-0.25, -0.2) is 4.98 Å². The first-order valence-electron chi connectivity index (χ1n) is 8.24. The highest BCUT2D eigenvalue weighted by Crippen LogP contribution is 2.23. The first kappa shape index (κ1) is 17.1. The highest BCUT2D eigenvalue weighted by atomic mass is 35.5. The second-order valence-electron chi connectivity index (χ2n) is 5.93. The number of aryl methyl sites for hydroxylation is 1. The van der Waals surface area contributed by atoms with Crippen LogP contribution in [0.25, 0.3) is 17.0 Å². The van der Waals surface area contributed by atoms with Crippen molar-refractivity contribution < 1.29 is 9.32 Å². The van der Waals surface area contributed by atoms with Crippen LogP contribution in [-0.2, 0) is 0 Å².